The summed E-state index contributed by atoms with van der Waals surface area (Å²) in [5.41, 5.74) is 1.65. The molecular formula is C35H41N5O9S. The van der Waals surface area contributed by atoms with Crippen LogP contribution in [0.15, 0.2) is 76.7 Å². The van der Waals surface area contributed by atoms with E-state index in [9.17, 15) is 32.7 Å². The number of carbonyl (C=O) groups excluding carboxylic acids is 2. The lowest BCUT2D eigenvalue weighted by Crippen LogP contribution is -2.34. The van der Waals surface area contributed by atoms with Crippen molar-refractivity contribution in [2.45, 2.75) is 69.4 Å². The number of anilines is 2. The van der Waals surface area contributed by atoms with E-state index in [1.807, 2.05) is 0 Å². The average molecular weight is 708 g/mol. The number of rotatable bonds is 12. The molecule has 4 rings (SSSR count). The Labute approximate surface area is 289 Å². The predicted octanol–water partition coefficient (Wildman–Crippen LogP) is 5.50. The predicted molar refractivity (Wildman–Crippen MR) is 188 cm³/mol. The number of sulfone groups is 1. The highest BCUT2D eigenvalue weighted by Gasteiger charge is 2.26. The number of benzene rings is 3. The summed E-state index contributed by atoms with van der Waals surface area (Å²) in [7, 11) is -2.23. The molecule has 4 N–H and O–H groups in total. The van der Waals surface area contributed by atoms with Gasteiger partial charge in [0.25, 0.3) is 5.56 Å². The minimum absolute atomic E-state index is 0.000484. The largest absolute Gasteiger partial charge is 0.479 e. The molecule has 0 aliphatic heterocycles. The molecule has 1 aromatic heterocycles. The van der Waals surface area contributed by atoms with Crippen LogP contribution in [0.5, 0.6) is 0 Å². The molecular weight excluding hydrogens is 666 g/mol. The van der Waals surface area contributed by atoms with Crippen molar-refractivity contribution in [1.82, 2.24) is 14.9 Å². The smallest absolute Gasteiger partial charge is 0.411 e. The van der Waals surface area contributed by atoms with Crippen LogP contribution in [0.4, 0.5) is 21.0 Å². The van der Waals surface area contributed by atoms with Gasteiger partial charge in [-0.05, 0) is 87.7 Å². The number of nitrogens with one attached hydrogen (secondary N) is 3. The SMILES string of the molecule is CC(C)S(=O)(=O)c1ccc(NC(=O)OCCc2ccc(C(Nc3ccc4nc[nH]c(=O)c4c3)C(=O)O)cc2)cc1CN(C)C(=O)OC(C)(C)C. The number of hydrogen-bond acceptors (Lipinski definition) is 10. The van der Waals surface area contributed by atoms with Crippen molar-refractivity contribution in [2.24, 2.45) is 0 Å². The van der Waals surface area contributed by atoms with Gasteiger partial charge in [-0.15, -0.1) is 0 Å². The fourth-order valence-electron chi connectivity index (χ4n) is 4.88. The van der Waals surface area contributed by atoms with Gasteiger partial charge in [0.15, 0.2) is 15.9 Å². The molecule has 3 aromatic carbocycles. The summed E-state index contributed by atoms with van der Waals surface area (Å²) in [5.74, 6) is -1.12. The monoisotopic (exact) mass is 707 g/mol. The van der Waals surface area contributed by atoms with Crippen LogP contribution in [0.3, 0.4) is 0 Å². The number of fused-ring (bicyclic) bond motifs is 1. The van der Waals surface area contributed by atoms with Crippen molar-refractivity contribution in [3.8, 4) is 0 Å². The summed E-state index contributed by atoms with van der Waals surface area (Å²) in [6.45, 7) is 8.21. The first-order valence-corrected chi connectivity index (χ1v) is 17.3. The van der Waals surface area contributed by atoms with E-state index in [-0.39, 0.29) is 29.3 Å². The summed E-state index contributed by atoms with van der Waals surface area (Å²) in [6.07, 6.45) is 0.223. The van der Waals surface area contributed by atoms with E-state index in [4.69, 9.17) is 9.47 Å². The zero-order valence-corrected chi connectivity index (χ0v) is 29.5. The maximum atomic E-state index is 13.1. The van der Waals surface area contributed by atoms with Crippen LogP contribution in [-0.2, 0) is 37.1 Å². The molecule has 1 atom stereocenters. The van der Waals surface area contributed by atoms with Crippen molar-refractivity contribution < 1.29 is 37.4 Å². The van der Waals surface area contributed by atoms with Gasteiger partial charge in [0.05, 0.1) is 40.5 Å². The van der Waals surface area contributed by atoms with Crippen molar-refractivity contribution in [1.29, 1.82) is 0 Å². The number of carboxylic acid groups (broad SMARTS) is 1. The van der Waals surface area contributed by atoms with E-state index in [0.29, 0.717) is 34.1 Å². The lowest BCUT2D eigenvalue weighted by Gasteiger charge is -2.25. The van der Waals surface area contributed by atoms with E-state index in [1.165, 1.54) is 36.5 Å². The molecule has 14 nitrogen and oxygen atoms in total. The zero-order valence-electron chi connectivity index (χ0n) is 28.6. The van der Waals surface area contributed by atoms with Crippen LogP contribution in [-0.4, -0.2) is 71.1 Å². The van der Waals surface area contributed by atoms with E-state index < -0.39 is 44.9 Å². The first-order valence-electron chi connectivity index (χ1n) is 15.7. The molecule has 266 valence electrons. The number of aromatic nitrogens is 2. The standard InChI is InChI=1S/C35H41N5O9S/c1-21(2)50(46,47)29-14-12-25(17-24(29)19-40(6)34(45)49-35(3,4)5)39-33(44)48-16-15-22-7-9-23(10-8-22)30(32(42)43)38-26-11-13-28-27(18-26)31(41)37-20-36-28/h7-14,17-18,20-21,30,38H,15-16,19H2,1-6H3,(H,39,44)(H,42,43)(H,36,37,41). The maximum Gasteiger partial charge on any atom is 0.411 e. The Morgan fingerprint density at radius 1 is 1.00 bits per heavy atom. The minimum Gasteiger partial charge on any atom is -0.479 e. The quantitative estimate of drug-likeness (QED) is 0.145. The number of ether oxygens (including phenoxy) is 2. The van der Waals surface area contributed by atoms with Crippen LogP contribution in [0.1, 0.15) is 57.4 Å². The Morgan fingerprint density at radius 3 is 2.32 bits per heavy atom. The normalized spacial score (nSPS) is 12.3. The number of H-pyrrole nitrogens is 1. The molecule has 1 heterocycles. The Bertz CT molecular complexity index is 2040. The molecule has 15 heteroatoms. The van der Waals surface area contributed by atoms with Crippen LogP contribution in [0, 0.1) is 0 Å². The molecule has 2 amide bonds. The summed E-state index contributed by atoms with van der Waals surface area (Å²) < 4.78 is 36.9. The van der Waals surface area contributed by atoms with Gasteiger partial charge in [0.1, 0.15) is 5.60 Å². The van der Waals surface area contributed by atoms with Crippen LogP contribution < -0.4 is 16.2 Å². The Kier molecular flexibility index (Phi) is 11.5. The molecule has 0 fully saturated rings. The summed E-state index contributed by atoms with van der Waals surface area (Å²) in [6, 6.07) is 14.8. The topological polar surface area (TPSA) is 197 Å². The second kappa shape index (κ2) is 15.4. The highest BCUT2D eigenvalue weighted by atomic mass is 32.2. The summed E-state index contributed by atoms with van der Waals surface area (Å²) in [5, 5.41) is 15.0. The number of carboxylic acids is 1. The molecule has 0 bridgehead atoms. The number of aromatic amines is 1. The van der Waals surface area contributed by atoms with Gasteiger partial charge < -0.3 is 29.8 Å². The number of hydrogen-bond donors (Lipinski definition) is 4. The molecule has 0 saturated carbocycles. The van der Waals surface area contributed by atoms with Crippen LogP contribution >= 0.6 is 0 Å². The fourth-order valence-corrected chi connectivity index (χ4v) is 6.13. The Hall–Kier alpha value is -5.44. The summed E-state index contributed by atoms with van der Waals surface area (Å²) in [4.78, 5) is 57.4. The fraction of sp³-hybridized carbons (Fsp3) is 0.343. The van der Waals surface area contributed by atoms with Crippen molar-refractivity contribution >= 4 is 50.3 Å². The van der Waals surface area contributed by atoms with Gasteiger partial charge in [0.2, 0.25) is 0 Å². The molecule has 1 unspecified atom stereocenters. The molecule has 4 aromatic rings. The van der Waals surface area contributed by atoms with Gasteiger partial charge >= 0.3 is 18.2 Å². The third kappa shape index (κ3) is 9.59. The van der Waals surface area contributed by atoms with Crippen molar-refractivity contribution in [3.63, 3.8) is 0 Å². The first kappa shape index (κ1) is 37.4. The van der Waals surface area contributed by atoms with Crippen molar-refractivity contribution in [3.05, 3.63) is 94.0 Å². The minimum atomic E-state index is -3.72. The van der Waals surface area contributed by atoms with Gasteiger partial charge in [0, 0.05) is 24.8 Å². The number of amides is 2. The van der Waals surface area contributed by atoms with E-state index in [1.54, 1.807) is 77.1 Å². The van der Waals surface area contributed by atoms with Gasteiger partial charge in [-0.1, -0.05) is 24.3 Å². The van der Waals surface area contributed by atoms with Crippen LogP contribution in [0.25, 0.3) is 10.9 Å². The Morgan fingerprint density at radius 2 is 1.68 bits per heavy atom. The number of carbonyl (C=O) groups is 3. The maximum absolute atomic E-state index is 13.1. The molecule has 0 aliphatic rings. The van der Waals surface area contributed by atoms with Crippen molar-refractivity contribution in [2.75, 3.05) is 24.3 Å². The van der Waals surface area contributed by atoms with E-state index in [0.717, 1.165) is 5.56 Å². The molecule has 0 spiro atoms. The first-order chi connectivity index (χ1) is 23.4. The van der Waals surface area contributed by atoms with E-state index >= 15 is 0 Å². The van der Waals surface area contributed by atoms with Gasteiger partial charge in [-0.3, -0.25) is 10.1 Å². The van der Waals surface area contributed by atoms with Gasteiger partial charge in [-0.2, -0.15) is 0 Å². The van der Waals surface area contributed by atoms with E-state index in [2.05, 4.69) is 20.6 Å². The zero-order chi connectivity index (χ0) is 36.8. The third-order valence-electron chi connectivity index (χ3n) is 7.48. The number of aliphatic carboxylic acids is 1. The highest BCUT2D eigenvalue weighted by molar-refractivity contribution is 7.92. The highest BCUT2D eigenvalue weighted by Crippen LogP contribution is 2.27. The average Bonchev–Trinajstić information content (AvgIpc) is 3.03. The molecule has 50 heavy (non-hydrogen) atoms. The number of nitrogens with zero attached hydrogens (tertiary/aromatic N) is 2. The lowest BCUT2D eigenvalue weighted by atomic mass is 10.0. The molecule has 0 radical (unpaired) electrons. The molecule has 0 saturated heterocycles. The second-order valence-corrected chi connectivity index (χ2v) is 15.4. The Balaban J connectivity index is 1.38. The third-order valence-corrected chi connectivity index (χ3v) is 9.73. The summed E-state index contributed by atoms with van der Waals surface area (Å²) >= 11 is 0. The van der Waals surface area contributed by atoms with Gasteiger partial charge in [-0.25, -0.2) is 27.8 Å². The second-order valence-electron chi connectivity index (χ2n) is 12.9. The van der Waals surface area contributed by atoms with Crippen LogP contribution in [0.2, 0.25) is 0 Å². The lowest BCUT2D eigenvalue weighted by molar-refractivity contribution is -0.138. The molecule has 0 aliphatic carbocycles.